The summed E-state index contributed by atoms with van der Waals surface area (Å²) in [6.45, 7) is 4.02. The zero-order valence-electron chi connectivity index (χ0n) is 16.1. The third-order valence-electron chi connectivity index (χ3n) is 6.49. The Morgan fingerprint density at radius 3 is 2.59 bits per heavy atom. The van der Waals surface area contributed by atoms with E-state index in [2.05, 4.69) is 15.2 Å². The van der Waals surface area contributed by atoms with Crippen molar-refractivity contribution >= 4 is 35.8 Å². The molecule has 2 bridgehead atoms. The van der Waals surface area contributed by atoms with Gasteiger partial charge in [0.1, 0.15) is 0 Å². The first-order chi connectivity index (χ1) is 12.7. The van der Waals surface area contributed by atoms with Crippen molar-refractivity contribution in [2.75, 3.05) is 39.8 Å². The van der Waals surface area contributed by atoms with Crippen LogP contribution in [0.15, 0.2) is 27.8 Å². The number of nitrogens with zero attached hydrogens (tertiary/aromatic N) is 3. The van der Waals surface area contributed by atoms with E-state index in [4.69, 9.17) is 4.42 Å². The molecule has 1 aromatic heterocycles. The highest BCUT2D eigenvalue weighted by Crippen LogP contribution is 2.49. The van der Waals surface area contributed by atoms with Gasteiger partial charge < -0.3 is 19.5 Å². The van der Waals surface area contributed by atoms with E-state index in [-0.39, 0.29) is 29.9 Å². The Kier molecular flexibility index (Phi) is 7.05. The van der Waals surface area contributed by atoms with Crippen LogP contribution in [0.1, 0.15) is 42.7 Å². The van der Waals surface area contributed by atoms with Gasteiger partial charge in [-0.05, 0) is 55.6 Å². The zero-order chi connectivity index (χ0) is 17.9. The van der Waals surface area contributed by atoms with Gasteiger partial charge in [-0.3, -0.25) is 9.79 Å². The topological polar surface area (TPSA) is 61.1 Å². The van der Waals surface area contributed by atoms with E-state index in [1.54, 1.807) is 18.4 Å². The number of hydrogen-bond acceptors (Lipinski definition) is 3. The van der Waals surface area contributed by atoms with E-state index < -0.39 is 0 Å². The number of halogens is 1. The summed E-state index contributed by atoms with van der Waals surface area (Å²) in [6.07, 6.45) is 8.65. The van der Waals surface area contributed by atoms with Crippen molar-refractivity contribution in [1.29, 1.82) is 0 Å². The van der Waals surface area contributed by atoms with Gasteiger partial charge in [-0.1, -0.05) is 6.42 Å². The predicted molar refractivity (Wildman–Crippen MR) is 117 cm³/mol. The Morgan fingerprint density at radius 1 is 1.22 bits per heavy atom. The van der Waals surface area contributed by atoms with Gasteiger partial charge in [-0.15, -0.1) is 24.0 Å². The molecule has 1 aliphatic heterocycles. The molecule has 0 radical (unpaired) electrons. The number of carbonyl (C=O) groups excluding carboxylic acids is 1. The second-order valence-electron chi connectivity index (χ2n) is 7.95. The number of furan rings is 1. The Morgan fingerprint density at radius 2 is 2.00 bits per heavy atom. The van der Waals surface area contributed by atoms with Crippen LogP contribution in [0.4, 0.5) is 0 Å². The molecule has 150 valence electrons. The second kappa shape index (κ2) is 9.30. The minimum Gasteiger partial charge on any atom is -0.459 e. The van der Waals surface area contributed by atoms with Crippen LogP contribution in [0, 0.1) is 17.8 Å². The highest BCUT2D eigenvalue weighted by atomic mass is 127. The van der Waals surface area contributed by atoms with Crippen molar-refractivity contribution < 1.29 is 9.21 Å². The SMILES string of the molecule is CN=C(NCCC1CC2CCC1C2)N1CCN(C(=O)c2ccco2)CC1.I. The molecule has 7 heteroatoms. The van der Waals surface area contributed by atoms with E-state index in [1.807, 2.05) is 11.9 Å². The molecule has 1 saturated heterocycles. The van der Waals surface area contributed by atoms with Crippen molar-refractivity contribution in [2.24, 2.45) is 22.7 Å². The summed E-state index contributed by atoms with van der Waals surface area (Å²) in [6, 6.07) is 3.48. The molecule has 3 atom stereocenters. The third-order valence-corrected chi connectivity index (χ3v) is 6.49. The summed E-state index contributed by atoms with van der Waals surface area (Å²) in [7, 11) is 1.85. The van der Waals surface area contributed by atoms with Crippen LogP contribution >= 0.6 is 24.0 Å². The Hall–Kier alpha value is -1.25. The van der Waals surface area contributed by atoms with Gasteiger partial charge in [-0.2, -0.15) is 0 Å². The quantitative estimate of drug-likeness (QED) is 0.404. The Balaban J connectivity index is 0.00000210. The number of carbonyl (C=O) groups is 1. The molecule has 0 spiro atoms. The lowest BCUT2D eigenvalue weighted by molar-refractivity contribution is 0.0657. The van der Waals surface area contributed by atoms with Crippen molar-refractivity contribution in [2.45, 2.75) is 32.1 Å². The smallest absolute Gasteiger partial charge is 0.289 e. The van der Waals surface area contributed by atoms with Crippen molar-refractivity contribution in [3.63, 3.8) is 0 Å². The van der Waals surface area contributed by atoms with E-state index in [0.29, 0.717) is 18.8 Å². The maximum Gasteiger partial charge on any atom is 0.289 e. The maximum atomic E-state index is 12.4. The molecule has 27 heavy (non-hydrogen) atoms. The fraction of sp³-hybridized carbons (Fsp3) is 0.700. The van der Waals surface area contributed by atoms with Crippen LogP contribution < -0.4 is 5.32 Å². The molecule has 0 aromatic carbocycles. The van der Waals surface area contributed by atoms with Gasteiger partial charge in [0, 0.05) is 39.8 Å². The minimum atomic E-state index is -0.0196. The molecule has 6 nitrogen and oxygen atoms in total. The summed E-state index contributed by atoms with van der Waals surface area (Å²) in [4.78, 5) is 20.9. The molecule has 3 fully saturated rings. The first kappa shape index (κ1) is 20.5. The molecule has 2 saturated carbocycles. The summed E-state index contributed by atoms with van der Waals surface area (Å²) < 4.78 is 5.23. The van der Waals surface area contributed by atoms with E-state index >= 15 is 0 Å². The number of nitrogens with one attached hydrogen (secondary N) is 1. The molecular weight excluding hydrogens is 455 g/mol. The second-order valence-corrected chi connectivity index (χ2v) is 7.95. The molecular formula is C20H31IN4O2. The van der Waals surface area contributed by atoms with Gasteiger partial charge >= 0.3 is 0 Å². The minimum absolute atomic E-state index is 0. The van der Waals surface area contributed by atoms with Crippen LogP contribution in [0.25, 0.3) is 0 Å². The monoisotopic (exact) mass is 486 g/mol. The lowest BCUT2D eigenvalue weighted by Gasteiger charge is -2.36. The normalized spacial score (nSPS) is 27.6. The van der Waals surface area contributed by atoms with Crippen LogP contribution in [-0.2, 0) is 0 Å². The lowest BCUT2D eigenvalue weighted by Crippen LogP contribution is -2.53. The number of aliphatic imine (C=N–C) groups is 1. The van der Waals surface area contributed by atoms with Crippen LogP contribution in [0.3, 0.4) is 0 Å². The molecule has 4 rings (SSSR count). The van der Waals surface area contributed by atoms with Crippen molar-refractivity contribution in [3.8, 4) is 0 Å². The zero-order valence-corrected chi connectivity index (χ0v) is 18.4. The molecule has 2 aliphatic carbocycles. The first-order valence-electron chi connectivity index (χ1n) is 10.0. The summed E-state index contributed by atoms with van der Waals surface area (Å²) in [5.41, 5.74) is 0. The number of rotatable bonds is 4. The highest BCUT2D eigenvalue weighted by molar-refractivity contribution is 14.0. The van der Waals surface area contributed by atoms with E-state index in [0.717, 1.165) is 43.3 Å². The fourth-order valence-electron chi connectivity index (χ4n) is 5.11. The predicted octanol–water partition coefficient (Wildman–Crippen LogP) is 3.06. The van der Waals surface area contributed by atoms with Gasteiger partial charge in [0.2, 0.25) is 0 Å². The Labute approximate surface area is 178 Å². The number of hydrogen-bond donors (Lipinski definition) is 1. The van der Waals surface area contributed by atoms with Gasteiger partial charge in [0.05, 0.1) is 6.26 Å². The van der Waals surface area contributed by atoms with Crippen LogP contribution in [-0.4, -0.2) is 61.4 Å². The van der Waals surface area contributed by atoms with Gasteiger partial charge in [0.15, 0.2) is 11.7 Å². The molecule has 1 aromatic rings. The fourth-order valence-corrected chi connectivity index (χ4v) is 5.11. The highest BCUT2D eigenvalue weighted by Gasteiger charge is 2.38. The third kappa shape index (κ3) is 4.60. The molecule has 1 N–H and O–H groups in total. The average molecular weight is 486 g/mol. The number of piperazine rings is 1. The molecule has 3 unspecified atom stereocenters. The molecule has 2 heterocycles. The number of guanidine groups is 1. The summed E-state index contributed by atoms with van der Waals surface area (Å²) >= 11 is 0. The van der Waals surface area contributed by atoms with Crippen molar-refractivity contribution in [3.05, 3.63) is 24.2 Å². The average Bonchev–Trinajstić information content (AvgIpc) is 3.43. The largest absolute Gasteiger partial charge is 0.459 e. The summed E-state index contributed by atoms with van der Waals surface area (Å²) in [5.74, 6) is 4.30. The summed E-state index contributed by atoms with van der Waals surface area (Å²) in [5, 5.41) is 3.55. The first-order valence-corrected chi connectivity index (χ1v) is 10.0. The standard InChI is InChI=1S/C20H30N4O2.HI/c1-21-20(22-7-6-17-14-15-4-5-16(17)13-15)24-10-8-23(9-11-24)19(25)18-3-2-12-26-18;/h2-3,12,15-17H,4-11,13-14H2,1H3,(H,21,22);1H. The molecule has 3 aliphatic rings. The van der Waals surface area contributed by atoms with E-state index in [9.17, 15) is 4.79 Å². The molecule has 1 amide bonds. The Bertz CT molecular complexity index is 640. The number of fused-ring (bicyclic) bond motifs is 2. The lowest BCUT2D eigenvalue weighted by atomic mass is 9.86. The number of amides is 1. The van der Waals surface area contributed by atoms with Gasteiger partial charge in [-0.25, -0.2) is 0 Å². The van der Waals surface area contributed by atoms with E-state index in [1.165, 1.54) is 32.1 Å². The van der Waals surface area contributed by atoms with Gasteiger partial charge in [0.25, 0.3) is 5.91 Å². The maximum absolute atomic E-state index is 12.4. The van der Waals surface area contributed by atoms with Crippen LogP contribution in [0.2, 0.25) is 0 Å². The van der Waals surface area contributed by atoms with Crippen LogP contribution in [0.5, 0.6) is 0 Å². The van der Waals surface area contributed by atoms with Crippen molar-refractivity contribution in [1.82, 2.24) is 15.1 Å².